The Balaban J connectivity index is 1.89. The number of carboxylic acids is 1. The number of aliphatic hydroxyl groups is 1. The van der Waals surface area contributed by atoms with Crippen molar-refractivity contribution >= 4 is 29.1 Å². The zero-order valence-corrected chi connectivity index (χ0v) is 18.6. The molecular formula is C26H18F3NO6. The zero-order chi connectivity index (χ0) is 26.2. The normalized spacial score (nSPS) is 17.3. The second-order valence-electron chi connectivity index (χ2n) is 7.87. The molecule has 4 rings (SSSR count). The number of aliphatic hydroxyl groups excluding tert-OH is 1. The number of aromatic carboxylic acids is 1. The standard InChI is InChI=1S/C26H18F3NO6/c1-36-19-12-6-15(7-13-19)22(31)20-21(14-2-4-16(5-3-14)25(34)35)30(24(33)23(20)32)18-10-8-17(9-11-18)26(27,28)29/h2-13,21,31H,1H3,(H,34,35). The molecule has 1 saturated heterocycles. The Labute approximate surface area is 202 Å². The highest BCUT2D eigenvalue weighted by atomic mass is 19.4. The van der Waals surface area contributed by atoms with Crippen LogP contribution in [0.3, 0.4) is 0 Å². The fourth-order valence-electron chi connectivity index (χ4n) is 3.94. The Hall–Kier alpha value is -4.60. The van der Waals surface area contributed by atoms with Crippen LogP contribution >= 0.6 is 0 Å². The van der Waals surface area contributed by atoms with E-state index in [2.05, 4.69) is 0 Å². The monoisotopic (exact) mass is 497 g/mol. The second kappa shape index (κ2) is 9.21. The highest BCUT2D eigenvalue weighted by molar-refractivity contribution is 6.51. The summed E-state index contributed by atoms with van der Waals surface area (Å²) in [6, 6.07) is 13.7. The Morgan fingerprint density at radius 3 is 1.92 bits per heavy atom. The molecule has 0 spiro atoms. The molecule has 1 amide bonds. The Bertz CT molecular complexity index is 1360. The lowest BCUT2D eigenvalue weighted by molar-refractivity contribution is -0.137. The number of nitrogens with zero attached hydrogens (tertiary/aromatic N) is 1. The smallest absolute Gasteiger partial charge is 0.416 e. The molecule has 0 bridgehead atoms. The summed E-state index contributed by atoms with van der Waals surface area (Å²) in [5.41, 5.74) is -0.828. The molecule has 0 saturated carbocycles. The van der Waals surface area contributed by atoms with Gasteiger partial charge in [0.25, 0.3) is 11.7 Å². The molecule has 1 fully saturated rings. The number of ketones is 1. The van der Waals surface area contributed by atoms with E-state index in [4.69, 9.17) is 4.74 Å². The molecule has 0 aromatic heterocycles. The van der Waals surface area contributed by atoms with Gasteiger partial charge >= 0.3 is 12.1 Å². The first-order valence-corrected chi connectivity index (χ1v) is 10.5. The van der Waals surface area contributed by atoms with E-state index in [9.17, 15) is 37.8 Å². The first kappa shape index (κ1) is 24.5. The van der Waals surface area contributed by atoms with Crippen LogP contribution in [0.1, 0.15) is 33.1 Å². The maximum absolute atomic E-state index is 13.1. The first-order valence-electron chi connectivity index (χ1n) is 10.5. The predicted octanol–water partition coefficient (Wildman–Crippen LogP) is 5.04. The van der Waals surface area contributed by atoms with Crippen LogP contribution in [0.15, 0.2) is 78.4 Å². The number of anilines is 1. The molecule has 1 aliphatic rings. The minimum Gasteiger partial charge on any atom is -0.507 e. The van der Waals surface area contributed by atoms with Gasteiger partial charge in [-0.25, -0.2) is 4.79 Å². The van der Waals surface area contributed by atoms with Crippen molar-refractivity contribution in [3.63, 3.8) is 0 Å². The van der Waals surface area contributed by atoms with E-state index in [1.54, 1.807) is 0 Å². The van der Waals surface area contributed by atoms with Gasteiger partial charge < -0.3 is 14.9 Å². The van der Waals surface area contributed by atoms with Gasteiger partial charge in [0.2, 0.25) is 0 Å². The zero-order valence-electron chi connectivity index (χ0n) is 18.6. The third kappa shape index (κ3) is 4.40. The van der Waals surface area contributed by atoms with Gasteiger partial charge in [-0.2, -0.15) is 13.2 Å². The van der Waals surface area contributed by atoms with E-state index in [0.717, 1.165) is 29.2 Å². The van der Waals surface area contributed by atoms with Gasteiger partial charge in [-0.15, -0.1) is 0 Å². The van der Waals surface area contributed by atoms with Gasteiger partial charge in [-0.1, -0.05) is 12.1 Å². The summed E-state index contributed by atoms with van der Waals surface area (Å²) < 4.78 is 44.3. The lowest BCUT2D eigenvalue weighted by atomic mass is 9.94. The number of carboxylic acid groups (broad SMARTS) is 1. The minimum absolute atomic E-state index is 0.00816. The number of methoxy groups -OCH3 is 1. The summed E-state index contributed by atoms with van der Waals surface area (Å²) >= 11 is 0. The van der Waals surface area contributed by atoms with Crippen molar-refractivity contribution in [2.75, 3.05) is 12.0 Å². The number of carbonyl (C=O) groups excluding carboxylic acids is 2. The summed E-state index contributed by atoms with van der Waals surface area (Å²) in [5.74, 6) is -3.32. The van der Waals surface area contributed by atoms with Crippen LogP contribution in [0.25, 0.3) is 5.76 Å². The van der Waals surface area contributed by atoms with Crippen molar-refractivity contribution < 1.29 is 42.5 Å². The van der Waals surface area contributed by atoms with Gasteiger partial charge in [0.1, 0.15) is 11.5 Å². The molecule has 0 aliphatic carbocycles. The van der Waals surface area contributed by atoms with E-state index in [0.29, 0.717) is 5.75 Å². The topological polar surface area (TPSA) is 104 Å². The highest BCUT2D eigenvalue weighted by Crippen LogP contribution is 2.43. The highest BCUT2D eigenvalue weighted by Gasteiger charge is 2.47. The van der Waals surface area contributed by atoms with Crippen molar-refractivity contribution in [3.8, 4) is 5.75 Å². The number of carbonyl (C=O) groups is 3. The molecular weight excluding hydrogens is 479 g/mol. The molecule has 0 radical (unpaired) electrons. The molecule has 1 unspecified atom stereocenters. The van der Waals surface area contributed by atoms with E-state index < -0.39 is 41.2 Å². The molecule has 10 heteroatoms. The fourth-order valence-corrected chi connectivity index (χ4v) is 3.94. The van der Waals surface area contributed by atoms with Crippen molar-refractivity contribution in [2.24, 2.45) is 0 Å². The average Bonchev–Trinajstić information content (AvgIpc) is 3.13. The number of rotatable bonds is 5. The van der Waals surface area contributed by atoms with Crippen molar-refractivity contribution in [3.05, 3.63) is 101 Å². The fraction of sp³-hybridized carbons (Fsp3) is 0.115. The SMILES string of the molecule is COc1ccc(C(O)=C2C(=O)C(=O)N(c3ccc(C(F)(F)F)cc3)C2c2ccc(C(=O)O)cc2)cc1. The average molecular weight is 497 g/mol. The summed E-state index contributed by atoms with van der Waals surface area (Å²) in [5, 5.41) is 20.3. The summed E-state index contributed by atoms with van der Waals surface area (Å²) in [6.07, 6.45) is -4.60. The maximum Gasteiger partial charge on any atom is 0.416 e. The largest absolute Gasteiger partial charge is 0.507 e. The number of alkyl halides is 3. The Morgan fingerprint density at radius 2 is 1.42 bits per heavy atom. The van der Waals surface area contributed by atoms with Crippen LogP contribution < -0.4 is 9.64 Å². The number of amides is 1. The minimum atomic E-state index is -4.60. The van der Waals surface area contributed by atoms with Crippen molar-refractivity contribution in [1.82, 2.24) is 0 Å². The lowest BCUT2D eigenvalue weighted by Crippen LogP contribution is -2.29. The van der Waals surface area contributed by atoms with Crippen LogP contribution in [-0.2, 0) is 15.8 Å². The van der Waals surface area contributed by atoms with Gasteiger partial charge in [0.05, 0.1) is 29.9 Å². The molecule has 7 nitrogen and oxygen atoms in total. The summed E-state index contributed by atoms with van der Waals surface area (Å²) in [4.78, 5) is 38.4. The predicted molar refractivity (Wildman–Crippen MR) is 123 cm³/mol. The molecule has 3 aromatic carbocycles. The molecule has 1 atom stereocenters. The van der Waals surface area contributed by atoms with Gasteiger partial charge in [-0.3, -0.25) is 14.5 Å². The van der Waals surface area contributed by atoms with Crippen LogP contribution in [0.2, 0.25) is 0 Å². The molecule has 184 valence electrons. The molecule has 2 N–H and O–H groups in total. The number of hydrogen-bond acceptors (Lipinski definition) is 5. The van der Waals surface area contributed by atoms with Crippen molar-refractivity contribution in [2.45, 2.75) is 12.2 Å². The summed E-state index contributed by atoms with van der Waals surface area (Å²) in [6.45, 7) is 0. The van der Waals surface area contributed by atoms with E-state index in [-0.39, 0.29) is 28.0 Å². The number of Topliss-reactive ketones (excluding diaryl/α,β-unsaturated/α-hetero) is 1. The third-order valence-electron chi connectivity index (χ3n) is 5.75. The number of benzene rings is 3. The molecule has 1 aliphatic heterocycles. The van der Waals surface area contributed by atoms with Gasteiger partial charge in [0.15, 0.2) is 0 Å². The van der Waals surface area contributed by atoms with E-state index in [1.807, 2.05) is 0 Å². The summed E-state index contributed by atoms with van der Waals surface area (Å²) in [7, 11) is 1.45. The van der Waals surface area contributed by atoms with Crippen LogP contribution in [0, 0.1) is 0 Å². The maximum atomic E-state index is 13.1. The first-order chi connectivity index (χ1) is 17.0. The number of halogens is 3. The number of hydrogen-bond donors (Lipinski definition) is 2. The third-order valence-corrected chi connectivity index (χ3v) is 5.75. The Kier molecular flexibility index (Phi) is 6.28. The second-order valence-corrected chi connectivity index (χ2v) is 7.87. The van der Waals surface area contributed by atoms with Gasteiger partial charge in [-0.05, 0) is 66.2 Å². The van der Waals surface area contributed by atoms with Crippen LogP contribution in [0.5, 0.6) is 5.75 Å². The van der Waals surface area contributed by atoms with Crippen LogP contribution in [-0.4, -0.2) is 35.0 Å². The number of ether oxygens (including phenoxy) is 1. The van der Waals surface area contributed by atoms with Crippen molar-refractivity contribution in [1.29, 1.82) is 0 Å². The Morgan fingerprint density at radius 1 is 0.861 bits per heavy atom. The quantitative estimate of drug-likeness (QED) is 0.291. The van der Waals surface area contributed by atoms with Crippen LogP contribution in [0.4, 0.5) is 18.9 Å². The van der Waals surface area contributed by atoms with E-state index >= 15 is 0 Å². The lowest BCUT2D eigenvalue weighted by Gasteiger charge is -2.26. The molecule has 3 aromatic rings. The van der Waals surface area contributed by atoms with E-state index in [1.165, 1.54) is 55.6 Å². The molecule has 1 heterocycles. The molecule has 36 heavy (non-hydrogen) atoms. The van der Waals surface area contributed by atoms with Gasteiger partial charge in [0, 0.05) is 11.3 Å².